The zero-order valence-electron chi connectivity index (χ0n) is 16.5. The first-order chi connectivity index (χ1) is 14.6. The van der Waals surface area contributed by atoms with Crippen molar-refractivity contribution in [3.8, 4) is 11.5 Å². The van der Waals surface area contributed by atoms with Gasteiger partial charge in [0.05, 0.1) is 18.3 Å². The highest BCUT2D eigenvalue weighted by atomic mass is 32.2. The summed E-state index contributed by atoms with van der Waals surface area (Å²) in [7, 11) is 1.49. The van der Waals surface area contributed by atoms with Gasteiger partial charge in [-0.2, -0.15) is 0 Å². The highest BCUT2D eigenvalue weighted by Crippen LogP contribution is 2.38. The molecule has 2 heterocycles. The maximum Gasteiger partial charge on any atom is 0.379 e. The Hall–Kier alpha value is -2.58. The van der Waals surface area contributed by atoms with Gasteiger partial charge in [0.15, 0.2) is 11.5 Å². The molecule has 1 aliphatic heterocycles. The summed E-state index contributed by atoms with van der Waals surface area (Å²) in [5.74, 6) is 0.105. The molecule has 30 heavy (non-hydrogen) atoms. The molecule has 8 heteroatoms. The minimum absolute atomic E-state index is 0.0378. The molecular formula is C22H21NO5S2. The summed E-state index contributed by atoms with van der Waals surface area (Å²) in [6, 6.07) is 8.46. The monoisotopic (exact) mass is 443 g/mol. The molecule has 156 valence electrons. The van der Waals surface area contributed by atoms with Gasteiger partial charge in [0.25, 0.3) is 5.91 Å². The van der Waals surface area contributed by atoms with E-state index in [0.29, 0.717) is 15.0 Å². The molecule has 2 fully saturated rings. The molecule has 1 aromatic carbocycles. The van der Waals surface area contributed by atoms with Crippen LogP contribution in [0.2, 0.25) is 0 Å². The largest absolute Gasteiger partial charge is 0.493 e. The molecule has 0 radical (unpaired) electrons. The summed E-state index contributed by atoms with van der Waals surface area (Å²) in [5, 5.41) is 0. The molecule has 0 N–H and O–H groups in total. The summed E-state index contributed by atoms with van der Waals surface area (Å²) in [6.07, 6.45) is 8.69. The highest BCUT2D eigenvalue weighted by molar-refractivity contribution is 8.26. The third kappa shape index (κ3) is 4.29. The van der Waals surface area contributed by atoms with E-state index in [4.69, 9.17) is 26.1 Å². The van der Waals surface area contributed by atoms with Crippen LogP contribution in [0.15, 0.2) is 45.9 Å². The number of nitrogens with zero attached hydrogens (tertiary/aromatic N) is 1. The summed E-state index contributed by atoms with van der Waals surface area (Å²) in [4.78, 5) is 27.4. The van der Waals surface area contributed by atoms with Gasteiger partial charge in [-0.05, 0) is 48.7 Å². The molecule has 1 saturated carbocycles. The van der Waals surface area contributed by atoms with Crippen LogP contribution in [0.25, 0.3) is 6.08 Å². The number of benzene rings is 1. The number of ether oxygens (including phenoxy) is 2. The zero-order valence-corrected chi connectivity index (χ0v) is 18.1. The standard InChI is InChI=1S/C22H21NO5S2/c1-26-18-12-14(9-10-16(18)28-21(25)17-8-5-11-27-17)13-19-20(24)23(22(29)30-19)15-6-3-2-4-7-15/h5,8-13,15H,2-4,6-7H2,1H3. The Morgan fingerprint density at radius 2 is 2.03 bits per heavy atom. The minimum Gasteiger partial charge on any atom is -0.493 e. The third-order valence-corrected chi connectivity index (χ3v) is 6.50. The van der Waals surface area contributed by atoms with Gasteiger partial charge in [0, 0.05) is 6.04 Å². The van der Waals surface area contributed by atoms with E-state index < -0.39 is 5.97 Å². The number of hydrogen-bond donors (Lipinski definition) is 0. The molecule has 4 rings (SSSR count). The fourth-order valence-corrected chi connectivity index (χ4v) is 5.09. The van der Waals surface area contributed by atoms with Gasteiger partial charge in [-0.1, -0.05) is 49.3 Å². The number of methoxy groups -OCH3 is 1. The molecule has 1 aromatic heterocycles. The van der Waals surface area contributed by atoms with Crippen molar-refractivity contribution < 1.29 is 23.5 Å². The Morgan fingerprint density at radius 1 is 1.23 bits per heavy atom. The molecule has 1 aliphatic carbocycles. The topological polar surface area (TPSA) is 69.0 Å². The van der Waals surface area contributed by atoms with E-state index in [9.17, 15) is 9.59 Å². The maximum atomic E-state index is 13.0. The van der Waals surface area contributed by atoms with Crippen molar-refractivity contribution in [2.45, 2.75) is 38.1 Å². The third-order valence-electron chi connectivity index (χ3n) is 5.17. The van der Waals surface area contributed by atoms with Gasteiger partial charge in [0.1, 0.15) is 4.32 Å². The van der Waals surface area contributed by atoms with Crippen LogP contribution in [-0.4, -0.2) is 34.2 Å². The van der Waals surface area contributed by atoms with E-state index in [1.165, 1.54) is 37.6 Å². The molecule has 0 bridgehead atoms. The normalized spacial score (nSPS) is 18.8. The highest BCUT2D eigenvalue weighted by Gasteiger charge is 2.37. The number of rotatable bonds is 5. The number of carbonyl (C=O) groups is 2. The Bertz CT molecular complexity index is 993. The van der Waals surface area contributed by atoms with Gasteiger partial charge < -0.3 is 13.9 Å². The summed E-state index contributed by atoms with van der Waals surface area (Å²) < 4.78 is 16.4. The van der Waals surface area contributed by atoms with Crippen LogP contribution in [0.4, 0.5) is 0 Å². The molecule has 0 unspecified atom stereocenters. The average molecular weight is 444 g/mol. The van der Waals surface area contributed by atoms with Crippen LogP contribution in [0, 0.1) is 0 Å². The number of furan rings is 1. The predicted molar refractivity (Wildman–Crippen MR) is 119 cm³/mol. The van der Waals surface area contributed by atoms with Crippen molar-refractivity contribution in [1.29, 1.82) is 0 Å². The van der Waals surface area contributed by atoms with Crippen molar-refractivity contribution >= 4 is 46.3 Å². The minimum atomic E-state index is -0.612. The van der Waals surface area contributed by atoms with Crippen LogP contribution in [0.3, 0.4) is 0 Å². The van der Waals surface area contributed by atoms with Crippen molar-refractivity contribution in [2.24, 2.45) is 0 Å². The molecule has 0 spiro atoms. The summed E-state index contributed by atoms with van der Waals surface area (Å²) >= 11 is 6.81. The van der Waals surface area contributed by atoms with E-state index in [0.717, 1.165) is 31.2 Å². The molecule has 1 saturated heterocycles. The first-order valence-corrected chi connectivity index (χ1v) is 11.0. The lowest BCUT2D eigenvalue weighted by Crippen LogP contribution is -2.39. The SMILES string of the molecule is COc1cc(C=C2SC(=S)N(C3CCCCC3)C2=O)ccc1OC(=O)c1ccco1. The number of carbonyl (C=O) groups excluding carboxylic acids is 2. The fraction of sp³-hybridized carbons (Fsp3) is 0.318. The molecule has 2 aromatic rings. The molecular weight excluding hydrogens is 422 g/mol. The van der Waals surface area contributed by atoms with Gasteiger partial charge >= 0.3 is 5.97 Å². The Balaban J connectivity index is 1.52. The van der Waals surface area contributed by atoms with Crippen molar-refractivity contribution in [3.05, 3.63) is 52.8 Å². The Labute approximate surface area is 184 Å². The van der Waals surface area contributed by atoms with Crippen LogP contribution in [0.1, 0.15) is 48.2 Å². The maximum absolute atomic E-state index is 13.0. The van der Waals surface area contributed by atoms with Crippen LogP contribution < -0.4 is 9.47 Å². The van der Waals surface area contributed by atoms with E-state index in [-0.39, 0.29) is 23.5 Å². The van der Waals surface area contributed by atoms with Gasteiger partial charge in [-0.3, -0.25) is 9.69 Å². The van der Waals surface area contributed by atoms with Crippen LogP contribution in [0.5, 0.6) is 11.5 Å². The van der Waals surface area contributed by atoms with Crippen molar-refractivity contribution in [2.75, 3.05) is 7.11 Å². The second kappa shape index (κ2) is 9.06. The van der Waals surface area contributed by atoms with E-state index in [1.54, 1.807) is 35.2 Å². The molecule has 1 amide bonds. The second-order valence-electron chi connectivity index (χ2n) is 7.12. The quantitative estimate of drug-likeness (QED) is 0.277. The number of hydrogen-bond acceptors (Lipinski definition) is 7. The lowest BCUT2D eigenvalue weighted by atomic mass is 9.94. The predicted octanol–water partition coefficient (Wildman–Crippen LogP) is 5.04. The van der Waals surface area contributed by atoms with E-state index in [1.807, 2.05) is 0 Å². The molecule has 6 nitrogen and oxygen atoms in total. The van der Waals surface area contributed by atoms with Crippen molar-refractivity contribution in [3.63, 3.8) is 0 Å². The number of amides is 1. The van der Waals surface area contributed by atoms with Crippen molar-refractivity contribution in [1.82, 2.24) is 4.90 Å². The number of thiocarbonyl (C=S) groups is 1. The van der Waals surface area contributed by atoms with Crippen LogP contribution >= 0.6 is 24.0 Å². The number of esters is 1. The average Bonchev–Trinajstić information content (AvgIpc) is 3.38. The van der Waals surface area contributed by atoms with Gasteiger partial charge in [0.2, 0.25) is 5.76 Å². The molecule has 0 atom stereocenters. The lowest BCUT2D eigenvalue weighted by Gasteiger charge is -2.29. The van der Waals surface area contributed by atoms with Gasteiger partial charge in [-0.15, -0.1) is 0 Å². The Morgan fingerprint density at radius 3 is 2.73 bits per heavy atom. The van der Waals surface area contributed by atoms with E-state index in [2.05, 4.69) is 0 Å². The summed E-state index contributed by atoms with van der Waals surface area (Å²) in [5.41, 5.74) is 0.758. The van der Waals surface area contributed by atoms with Gasteiger partial charge in [-0.25, -0.2) is 4.79 Å². The van der Waals surface area contributed by atoms with Crippen LogP contribution in [-0.2, 0) is 4.79 Å². The summed E-state index contributed by atoms with van der Waals surface area (Å²) in [6.45, 7) is 0. The van der Waals surface area contributed by atoms with E-state index >= 15 is 0 Å². The zero-order chi connectivity index (χ0) is 21.1. The fourth-order valence-electron chi connectivity index (χ4n) is 3.69. The second-order valence-corrected chi connectivity index (χ2v) is 8.80. The first-order valence-electron chi connectivity index (χ1n) is 9.77. The smallest absolute Gasteiger partial charge is 0.379 e. The first kappa shape index (κ1) is 20.7. The number of thioether (sulfide) groups is 1. The Kier molecular flexibility index (Phi) is 6.24. The lowest BCUT2D eigenvalue weighted by molar-refractivity contribution is -0.124. The molecule has 2 aliphatic rings.